The molecule has 0 saturated heterocycles. The fourth-order valence-electron chi connectivity index (χ4n) is 0.591. The normalized spacial score (nSPS) is 9.40. The number of aromatic amines is 1. The number of aromatic nitrogens is 1. The average molecular weight is 220 g/mol. The smallest absolute Gasteiger partial charge is 0.154 e. The third-order valence-corrected chi connectivity index (χ3v) is 2.39. The summed E-state index contributed by atoms with van der Waals surface area (Å²) in [6.45, 7) is 0. The first-order valence-corrected chi connectivity index (χ1v) is 3.86. The Labute approximate surface area is 72.4 Å². The first-order valence-electron chi connectivity index (χ1n) is 2.66. The maximum Gasteiger partial charge on any atom is 0.154 e. The molecule has 0 radical (unpaired) electrons. The van der Waals surface area contributed by atoms with Crippen LogP contribution in [0.5, 0.6) is 5.75 Å². The molecule has 54 valence electrons. The third kappa shape index (κ3) is 1.38. The number of ether oxygens (including phenoxy) is 1. The van der Waals surface area contributed by atoms with Crippen LogP contribution < -0.4 is 4.74 Å². The van der Waals surface area contributed by atoms with Crippen molar-refractivity contribution in [3.8, 4) is 5.75 Å². The SMILES string of the molecule is COc1c[nH]cc(Br)c1=S. The topological polar surface area (TPSA) is 25.0 Å². The minimum atomic E-state index is 0.685. The van der Waals surface area contributed by atoms with Crippen molar-refractivity contribution >= 4 is 28.1 Å². The molecular formula is C6H6BrNOS. The predicted octanol–water partition coefficient (Wildman–Crippen LogP) is 2.52. The van der Waals surface area contributed by atoms with Gasteiger partial charge in [0.15, 0.2) is 5.75 Å². The summed E-state index contributed by atoms with van der Waals surface area (Å²) >= 11 is 8.27. The van der Waals surface area contributed by atoms with E-state index < -0.39 is 0 Å². The van der Waals surface area contributed by atoms with Crippen LogP contribution in [0.4, 0.5) is 0 Å². The van der Waals surface area contributed by atoms with Crippen LogP contribution in [0.25, 0.3) is 0 Å². The molecule has 0 saturated carbocycles. The van der Waals surface area contributed by atoms with Gasteiger partial charge in [0, 0.05) is 12.4 Å². The second kappa shape index (κ2) is 3.16. The van der Waals surface area contributed by atoms with Gasteiger partial charge in [-0.25, -0.2) is 0 Å². The second-order valence-corrected chi connectivity index (χ2v) is 2.96. The molecule has 1 aromatic rings. The number of rotatable bonds is 1. The van der Waals surface area contributed by atoms with Gasteiger partial charge in [-0.2, -0.15) is 0 Å². The average Bonchev–Trinajstić information content (AvgIpc) is 1.95. The number of hydrogen-bond acceptors (Lipinski definition) is 2. The summed E-state index contributed by atoms with van der Waals surface area (Å²) in [6.07, 6.45) is 3.48. The Morgan fingerprint density at radius 2 is 2.30 bits per heavy atom. The maximum atomic E-state index is 5.00. The zero-order valence-corrected chi connectivity index (χ0v) is 7.75. The molecule has 0 atom stereocenters. The van der Waals surface area contributed by atoms with E-state index in [1.807, 2.05) is 0 Å². The van der Waals surface area contributed by atoms with Gasteiger partial charge in [-0.15, -0.1) is 0 Å². The number of H-pyrrole nitrogens is 1. The van der Waals surface area contributed by atoms with E-state index in [2.05, 4.69) is 20.9 Å². The molecule has 0 fully saturated rings. The van der Waals surface area contributed by atoms with Crippen molar-refractivity contribution in [3.63, 3.8) is 0 Å². The summed E-state index contributed by atoms with van der Waals surface area (Å²) < 4.78 is 6.50. The van der Waals surface area contributed by atoms with Crippen LogP contribution in [-0.4, -0.2) is 12.1 Å². The van der Waals surface area contributed by atoms with Gasteiger partial charge < -0.3 is 9.72 Å². The predicted molar refractivity (Wildman–Crippen MR) is 45.9 cm³/mol. The van der Waals surface area contributed by atoms with E-state index in [0.717, 1.165) is 4.47 Å². The van der Waals surface area contributed by atoms with Crippen LogP contribution in [0.1, 0.15) is 0 Å². The third-order valence-electron chi connectivity index (χ3n) is 1.09. The van der Waals surface area contributed by atoms with E-state index >= 15 is 0 Å². The Balaban J connectivity index is 3.28. The number of nitrogens with one attached hydrogen (secondary N) is 1. The molecule has 4 heteroatoms. The summed E-state index contributed by atoms with van der Waals surface area (Å²) in [4.78, 5) is 2.88. The van der Waals surface area contributed by atoms with Gasteiger partial charge in [0.25, 0.3) is 0 Å². The summed E-state index contributed by atoms with van der Waals surface area (Å²) in [6, 6.07) is 0. The highest BCUT2D eigenvalue weighted by atomic mass is 79.9. The van der Waals surface area contributed by atoms with Gasteiger partial charge in [0.05, 0.1) is 16.1 Å². The Hall–Kier alpha value is -0.350. The fraction of sp³-hybridized carbons (Fsp3) is 0.167. The Kier molecular flexibility index (Phi) is 2.45. The lowest BCUT2D eigenvalue weighted by molar-refractivity contribution is 0.411. The van der Waals surface area contributed by atoms with Crippen molar-refractivity contribution in [1.29, 1.82) is 0 Å². The lowest BCUT2D eigenvalue weighted by Crippen LogP contribution is -1.85. The van der Waals surface area contributed by atoms with Crippen LogP contribution in [0.2, 0.25) is 0 Å². The quantitative estimate of drug-likeness (QED) is 0.735. The van der Waals surface area contributed by atoms with E-state index in [9.17, 15) is 0 Å². The molecular weight excluding hydrogens is 214 g/mol. The summed E-state index contributed by atoms with van der Waals surface area (Å²) in [5.74, 6) is 0.685. The van der Waals surface area contributed by atoms with Gasteiger partial charge in [-0.1, -0.05) is 12.2 Å². The van der Waals surface area contributed by atoms with E-state index in [-0.39, 0.29) is 0 Å². The van der Waals surface area contributed by atoms with Gasteiger partial charge in [0.1, 0.15) is 0 Å². The molecule has 10 heavy (non-hydrogen) atoms. The van der Waals surface area contributed by atoms with Gasteiger partial charge >= 0.3 is 0 Å². The molecule has 0 spiro atoms. The van der Waals surface area contributed by atoms with Crippen LogP contribution in [0.15, 0.2) is 16.9 Å². The molecule has 0 unspecified atom stereocenters. The molecule has 0 aromatic carbocycles. The molecule has 0 aliphatic heterocycles. The highest BCUT2D eigenvalue weighted by Gasteiger charge is 1.95. The summed E-state index contributed by atoms with van der Waals surface area (Å²) in [5, 5.41) is 0. The van der Waals surface area contributed by atoms with Crippen molar-refractivity contribution in [3.05, 3.63) is 21.4 Å². The number of methoxy groups -OCH3 is 1. The minimum Gasteiger partial charge on any atom is -0.494 e. The first kappa shape index (κ1) is 7.75. The van der Waals surface area contributed by atoms with Crippen molar-refractivity contribution < 1.29 is 4.74 Å². The highest BCUT2D eigenvalue weighted by molar-refractivity contribution is 9.10. The van der Waals surface area contributed by atoms with Crippen molar-refractivity contribution in [2.75, 3.05) is 7.11 Å². The van der Waals surface area contributed by atoms with E-state index in [1.165, 1.54) is 0 Å². The Morgan fingerprint density at radius 3 is 2.80 bits per heavy atom. The van der Waals surface area contributed by atoms with E-state index in [0.29, 0.717) is 10.3 Å². The Morgan fingerprint density at radius 1 is 1.60 bits per heavy atom. The zero-order chi connectivity index (χ0) is 7.56. The molecule has 1 N–H and O–H groups in total. The van der Waals surface area contributed by atoms with E-state index in [4.69, 9.17) is 17.0 Å². The van der Waals surface area contributed by atoms with Crippen molar-refractivity contribution in [2.24, 2.45) is 0 Å². The first-order chi connectivity index (χ1) is 4.75. The second-order valence-electron chi connectivity index (χ2n) is 1.70. The van der Waals surface area contributed by atoms with Gasteiger partial charge in [0.2, 0.25) is 0 Å². The van der Waals surface area contributed by atoms with Crippen LogP contribution in [0.3, 0.4) is 0 Å². The molecule has 0 aliphatic carbocycles. The molecule has 0 aliphatic rings. The molecule has 2 nitrogen and oxygen atoms in total. The number of hydrogen-bond donors (Lipinski definition) is 1. The minimum absolute atomic E-state index is 0.685. The van der Waals surface area contributed by atoms with Crippen LogP contribution in [0, 0.1) is 4.51 Å². The fourth-order valence-corrected chi connectivity index (χ4v) is 1.12. The molecule has 1 rings (SSSR count). The molecule has 1 heterocycles. The highest BCUT2D eigenvalue weighted by Crippen LogP contribution is 2.18. The monoisotopic (exact) mass is 219 g/mol. The summed E-state index contributed by atoms with van der Waals surface area (Å²) in [5.41, 5.74) is 0. The molecule has 0 bridgehead atoms. The largest absolute Gasteiger partial charge is 0.494 e. The lowest BCUT2D eigenvalue weighted by atomic mass is 10.5. The lowest BCUT2D eigenvalue weighted by Gasteiger charge is -1.98. The molecule has 1 aromatic heterocycles. The van der Waals surface area contributed by atoms with Crippen LogP contribution in [-0.2, 0) is 0 Å². The summed E-state index contributed by atoms with van der Waals surface area (Å²) in [7, 11) is 1.59. The Bertz CT molecular complexity index is 283. The van der Waals surface area contributed by atoms with Crippen molar-refractivity contribution in [2.45, 2.75) is 0 Å². The standard InChI is InChI=1S/C6H6BrNOS/c1-9-5-3-8-2-4(7)6(5)10/h2-3H,1H3,(H,8,10). The maximum absolute atomic E-state index is 5.00. The number of pyridine rings is 1. The number of halogens is 1. The van der Waals surface area contributed by atoms with E-state index in [1.54, 1.807) is 19.5 Å². The zero-order valence-electron chi connectivity index (χ0n) is 5.35. The van der Waals surface area contributed by atoms with Gasteiger partial charge in [-0.05, 0) is 15.9 Å². The van der Waals surface area contributed by atoms with Gasteiger partial charge in [-0.3, -0.25) is 0 Å². The van der Waals surface area contributed by atoms with Crippen LogP contribution >= 0.6 is 28.1 Å². The molecule has 0 amide bonds. The van der Waals surface area contributed by atoms with Crippen molar-refractivity contribution in [1.82, 2.24) is 4.98 Å².